The Kier molecular flexibility index (Phi) is 6.83. The van der Waals surface area contributed by atoms with Gasteiger partial charge in [0.05, 0.1) is 27.4 Å². The van der Waals surface area contributed by atoms with Gasteiger partial charge in [-0.2, -0.15) is 9.97 Å². The number of rotatable bonds is 8. The Morgan fingerprint density at radius 3 is 1.32 bits per heavy atom. The normalized spacial score (nSPS) is 15.1. The molecule has 0 radical (unpaired) electrons. The highest BCUT2D eigenvalue weighted by atomic mass is 16.5. The Hall–Kier alpha value is -2.50. The monoisotopic (exact) mass is 426 g/mol. The highest BCUT2D eigenvalue weighted by molar-refractivity contribution is 5.54. The number of nitrogens with zero attached hydrogens (tertiary/aromatic N) is 2. The molecule has 2 aromatic rings. The molecule has 0 saturated carbocycles. The van der Waals surface area contributed by atoms with Crippen molar-refractivity contribution in [2.45, 2.75) is 71.6 Å². The Labute approximate surface area is 185 Å². The highest BCUT2D eigenvalue weighted by Gasteiger charge is 2.28. The minimum atomic E-state index is 0.603. The molecule has 2 aromatic heterocycles. The fourth-order valence-electron chi connectivity index (χ4n) is 5.05. The van der Waals surface area contributed by atoms with Crippen molar-refractivity contribution in [3.63, 3.8) is 0 Å². The van der Waals surface area contributed by atoms with Gasteiger partial charge in [0.1, 0.15) is 0 Å². The Morgan fingerprint density at radius 2 is 0.968 bits per heavy atom. The van der Waals surface area contributed by atoms with Gasteiger partial charge in [-0.25, -0.2) is 0 Å². The Balaban J connectivity index is 1.86. The van der Waals surface area contributed by atoms with Crippen LogP contribution in [0.15, 0.2) is 0 Å². The zero-order chi connectivity index (χ0) is 21.8. The van der Waals surface area contributed by atoms with E-state index in [1.54, 1.807) is 14.2 Å². The summed E-state index contributed by atoms with van der Waals surface area (Å²) in [5.74, 6) is 2.78. The van der Waals surface area contributed by atoms with Crippen LogP contribution < -0.4 is 18.9 Å². The van der Waals surface area contributed by atoms with Gasteiger partial charge in [0.2, 0.25) is 23.5 Å². The van der Waals surface area contributed by atoms with Gasteiger partial charge < -0.3 is 18.9 Å². The van der Waals surface area contributed by atoms with Crippen LogP contribution in [0.4, 0.5) is 0 Å². The van der Waals surface area contributed by atoms with E-state index in [2.05, 4.69) is 0 Å². The van der Waals surface area contributed by atoms with Crippen LogP contribution in [0.5, 0.6) is 23.5 Å². The lowest BCUT2D eigenvalue weighted by atomic mass is 9.84. The summed E-state index contributed by atoms with van der Waals surface area (Å²) in [6.07, 6.45) is 9.46. The minimum absolute atomic E-state index is 0.603. The van der Waals surface area contributed by atoms with Gasteiger partial charge in [0.15, 0.2) is 0 Å². The van der Waals surface area contributed by atoms with E-state index in [1.807, 2.05) is 13.8 Å². The molecule has 31 heavy (non-hydrogen) atoms. The molecule has 2 heterocycles. The van der Waals surface area contributed by atoms with Crippen molar-refractivity contribution in [3.05, 3.63) is 33.4 Å². The van der Waals surface area contributed by atoms with Crippen molar-refractivity contribution in [1.82, 2.24) is 9.97 Å². The third-order valence-electron chi connectivity index (χ3n) is 6.41. The zero-order valence-corrected chi connectivity index (χ0v) is 19.3. The number of methoxy groups -OCH3 is 2. The Bertz CT molecular complexity index is 867. The van der Waals surface area contributed by atoms with Crippen LogP contribution in [0.2, 0.25) is 0 Å². The summed E-state index contributed by atoms with van der Waals surface area (Å²) in [5.41, 5.74) is 7.46. The van der Waals surface area contributed by atoms with E-state index in [9.17, 15) is 0 Å². The van der Waals surface area contributed by atoms with Gasteiger partial charge in [0, 0.05) is 28.7 Å². The molecular weight excluding hydrogens is 392 g/mol. The van der Waals surface area contributed by atoms with Crippen LogP contribution in [0.3, 0.4) is 0 Å². The van der Waals surface area contributed by atoms with E-state index in [-0.39, 0.29) is 0 Å². The molecule has 0 aromatic carbocycles. The van der Waals surface area contributed by atoms with E-state index >= 15 is 0 Å². The number of hydrogen-bond donors (Lipinski definition) is 0. The number of ether oxygens (including phenoxy) is 4. The molecule has 0 fully saturated rings. The maximum atomic E-state index is 5.89. The van der Waals surface area contributed by atoms with Crippen molar-refractivity contribution in [3.8, 4) is 23.5 Å². The second-order valence-electron chi connectivity index (χ2n) is 8.18. The fourth-order valence-corrected chi connectivity index (χ4v) is 5.05. The zero-order valence-electron chi connectivity index (χ0n) is 19.3. The molecule has 0 atom stereocenters. The molecule has 0 spiro atoms. The summed E-state index contributed by atoms with van der Waals surface area (Å²) in [7, 11) is 3.39. The molecule has 0 aliphatic heterocycles. The van der Waals surface area contributed by atoms with Crippen LogP contribution in [0, 0.1) is 0 Å². The molecule has 168 valence electrons. The molecular formula is C25H34N2O4. The second-order valence-corrected chi connectivity index (χ2v) is 8.18. The van der Waals surface area contributed by atoms with E-state index in [0.717, 1.165) is 48.6 Å². The van der Waals surface area contributed by atoms with E-state index in [1.165, 1.54) is 47.9 Å². The SMILES string of the molecule is CCOc1nc(OC)c(Cc2c(OC)nc(OCC)c3c2CCCC3)c2c1CCCC2. The molecule has 6 heteroatoms. The first kappa shape index (κ1) is 21.7. The Morgan fingerprint density at radius 1 is 0.581 bits per heavy atom. The molecule has 2 aliphatic rings. The fraction of sp³-hybridized carbons (Fsp3) is 0.600. The average Bonchev–Trinajstić information content (AvgIpc) is 2.81. The lowest BCUT2D eigenvalue weighted by molar-refractivity contribution is 0.307. The molecule has 4 rings (SSSR count). The number of pyridine rings is 2. The maximum Gasteiger partial charge on any atom is 0.220 e. The third kappa shape index (κ3) is 4.17. The topological polar surface area (TPSA) is 62.7 Å². The molecule has 6 nitrogen and oxygen atoms in total. The van der Waals surface area contributed by atoms with E-state index in [4.69, 9.17) is 28.9 Å². The standard InChI is InChI=1S/C25H34N2O4/c1-5-30-24-18-13-9-7-11-16(18)20(22(26-24)28-3)15-21-17-12-8-10-14-19(17)25(31-6-2)27-23(21)29-4/h5-15H2,1-4H3. The van der Waals surface area contributed by atoms with Gasteiger partial charge >= 0.3 is 0 Å². The number of fused-ring (bicyclic) bond motifs is 2. The van der Waals surface area contributed by atoms with Crippen molar-refractivity contribution in [1.29, 1.82) is 0 Å². The first-order valence-corrected chi connectivity index (χ1v) is 11.6. The highest BCUT2D eigenvalue weighted by Crippen LogP contribution is 2.41. The van der Waals surface area contributed by atoms with Gasteiger partial charge in [-0.05, 0) is 76.3 Å². The summed E-state index contributed by atoms with van der Waals surface area (Å²) in [6, 6.07) is 0. The predicted molar refractivity (Wildman–Crippen MR) is 120 cm³/mol. The summed E-state index contributed by atoms with van der Waals surface area (Å²) in [4.78, 5) is 9.55. The van der Waals surface area contributed by atoms with Crippen LogP contribution in [0.1, 0.15) is 72.9 Å². The smallest absolute Gasteiger partial charge is 0.220 e. The van der Waals surface area contributed by atoms with Crippen LogP contribution in [-0.4, -0.2) is 37.4 Å². The van der Waals surface area contributed by atoms with Crippen molar-refractivity contribution in [2.75, 3.05) is 27.4 Å². The van der Waals surface area contributed by atoms with Gasteiger partial charge in [-0.3, -0.25) is 0 Å². The third-order valence-corrected chi connectivity index (χ3v) is 6.41. The summed E-state index contributed by atoms with van der Waals surface area (Å²) < 4.78 is 23.3. The summed E-state index contributed by atoms with van der Waals surface area (Å²) in [5, 5.41) is 0. The molecule has 0 amide bonds. The van der Waals surface area contributed by atoms with Gasteiger partial charge in [-0.1, -0.05) is 0 Å². The van der Waals surface area contributed by atoms with E-state index < -0.39 is 0 Å². The minimum Gasteiger partial charge on any atom is -0.481 e. The van der Waals surface area contributed by atoms with Crippen LogP contribution in [0.25, 0.3) is 0 Å². The lowest BCUT2D eigenvalue weighted by Crippen LogP contribution is -2.16. The summed E-state index contributed by atoms with van der Waals surface area (Å²) >= 11 is 0. The van der Waals surface area contributed by atoms with Crippen molar-refractivity contribution < 1.29 is 18.9 Å². The number of hydrogen-bond acceptors (Lipinski definition) is 6. The quantitative estimate of drug-likeness (QED) is 0.613. The van der Waals surface area contributed by atoms with Gasteiger partial charge in [-0.15, -0.1) is 0 Å². The first-order chi connectivity index (χ1) is 15.2. The van der Waals surface area contributed by atoms with Crippen LogP contribution in [-0.2, 0) is 32.1 Å². The predicted octanol–water partition coefficient (Wildman–Crippen LogP) is 4.64. The average molecular weight is 427 g/mol. The molecule has 0 bridgehead atoms. The van der Waals surface area contributed by atoms with Crippen molar-refractivity contribution in [2.24, 2.45) is 0 Å². The van der Waals surface area contributed by atoms with Crippen LogP contribution >= 0.6 is 0 Å². The summed E-state index contributed by atoms with van der Waals surface area (Å²) in [6.45, 7) is 5.21. The maximum absolute atomic E-state index is 5.89. The first-order valence-electron chi connectivity index (χ1n) is 11.6. The van der Waals surface area contributed by atoms with Crippen molar-refractivity contribution >= 4 is 0 Å². The van der Waals surface area contributed by atoms with E-state index in [0.29, 0.717) is 31.4 Å². The molecule has 0 saturated heterocycles. The number of aromatic nitrogens is 2. The lowest BCUT2D eigenvalue weighted by Gasteiger charge is -2.26. The van der Waals surface area contributed by atoms with Gasteiger partial charge in [0.25, 0.3) is 0 Å². The molecule has 0 unspecified atom stereocenters. The molecule has 2 aliphatic carbocycles. The largest absolute Gasteiger partial charge is 0.481 e. The molecule has 0 N–H and O–H groups in total. The second kappa shape index (κ2) is 9.75.